The molecule has 0 spiro atoms. The standard InChI is InChI=1S/C22H22ClN3O3S2/c1-15-11-22(30-14-21(27)24-17-6-4-5-16(23)12-17)25-20-8-7-18(13-19(15)20)31(28,29)26-9-2-3-10-26/h4-8,11-13H,2-3,9-10,14H2,1H3,(H,24,27). The number of sulfonamides is 1. The topological polar surface area (TPSA) is 79.4 Å². The zero-order chi connectivity index (χ0) is 22.0. The van der Waals surface area contributed by atoms with Crippen molar-refractivity contribution < 1.29 is 13.2 Å². The van der Waals surface area contributed by atoms with Crippen molar-refractivity contribution in [1.29, 1.82) is 0 Å². The number of hydrogen-bond donors (Lipinski definition) is 1. The number of carbonyl (C=O) groups excluding carboxylic acids is 1. The molecule has 0 saturated carbocycles. The van der Waals surface area contributed by atoms with E-state index in [1.807, 2.05) is 13.0 Å². The number of nitrogens with one attached hydrogen (secondary N) is 1. The van der Waals surface area contributed by atoms with Gasteiger partial charge in [0.2, 0.25) is 15.9 Å². The van der Waals surface area contributed by atoms with Gasteiger partial charge in [-0.3, -0.25) is 4.79 Å². The Hall–Kier alpha value is -2.13. The third-order valence-electron chi connectivity index (χ3n) is 5.13. The van der Waals surface area contributed by atoms with Crippen molar-refractivity contribution in [3.05, 3.63) is 59.1 Å². The van der Waals surface area contributed by atoms with Crippen LogP contribution < -0.4 is 5.32 Å². The molecule has 6 nitrogen and oxygen atoms in total. The van der Waals surface area contributed by atoms with Crippen LogP contribution in [0.5, 0.6) is 0 Å². The van der Waals surface area contributed by atoms with Crippen LogP contribution in [0, 0.1) is 6.92 Å². The van der Waals surface area contributed by atoms with Gasteiger partial charge >= 0.3 is 0 Å². The normalized spacial score (nSPS) is 14.8. The van der Waals surface area contributed by atoms with Gasteiger partial charge in [0.05, 0.1) is 21.2 Å². The van der Waals surface area contributed by atoms with E-state index < -0.39 is 10.0 Å². The van der Waals surface area contributed by atoms with Crippen LogP contribution in [0.4, 0.5) is 5.69 Å². The van der Waals surface area contributed by atoms with Gasteiger partial charge in [-0.2, -0.15) is 4.31 Å². The number of hydrogen-bond acceptors (Lipinski definition) is 5. The molecule has 1 amide bonds. The average Bonchev–Trinajstić information content (AvgIpc) is 3.28. The van der Waals surface area contributed by atoms with E-state index in [4.69, 9.17) is 11.6 Å². The molecule has 0 unspecified atom stereocenters. The predicted molar refractivity (Wildman–Crippen MR) is 125 cm³/mol. The van der Waals surface area contributed by atoms with Crippen LogP contribution >= 0.6 is 23.4 Å². The van der Waals surface area contributed by atoms with Gasteiger partial charge in [-0.05, 0) is 67.8 Å². The summed E-state index contributed by atoms with van der Waals surface area (Å²) in [5.41, 5.74) is 2.27. The minimum absolute atomic E-state index is 0.154. The highest BCUT2D eigenvalue weighted by Gasteiger charge is 2.27. The van der Waals surface area contributed by atoms with E-state index in [1.165, 1.54) is 11.8 Å². The Morgan fingerprint density at radius 2 is 1.94 bits per heavy atom. The highest BCUT2D eigenvalue weighted by molar-refractivity contribution is 7.99. The van der Waals surface area contributed by atoms with E-state index in [0.29, 0.717) is 39.2 Å². The number of rotatable bonds is 6. The van der Waals surface area contributed by atoms with Crippen molar-refractivity contribution in [2.24, 2.45) is 0 Å². The van der Waals surface area contributed by atoms with E-state index in [0.717, 1.165) is 23.8 Å². The molecule has 0 atom stereocenters. The highest BCUT2D eigenvalue weighted by Crippen LogP contribution is 2.28. The molecule has 1 aliphatic heterocycles. The molecule has 0 bridgehead atoms. The van der Waals surface area contributed by atoms with Crippen molar-refractivity contribution in [3.8, 4) is 0 Å². The molecular weight excluding hydrogens is 454 g/mol. The zero-order valence-corrected chi connectivity index (χ0v) is 19.4. The predicted octanol–water partition coefficient (Wildman–Crippen LogP) is 4.71. The first kappa shape index (κ1) is 22.1. The molecule has 1 aromatic heterocycles. The fourth-order valence-corrected chi connectivity index (χ4v) is 6.07. The summed E-state index contributed by atoms with van der Waals surface area (Å²) in [7, 11) is -3.47. The first-order valence-corrected chi connectivity index (χ1v) is 12.7. The average molecular weight is 476 g/mol. The number of carbonyl (C=O) groups is 1. The van der Waals surface area contributed by atoms with Crippen LogP contribution in [-0.2, 0) is 14.8 Å². The summed E-state index contributed by atoms with van der Waals surface area (Å²) >= 11 is 7.27. The lowest BCUT2D eigenvalue weighted by molar-refractivity contribution is -0.113. The molecule has 1 aliphatic rings. The number of benzene rings is 2. The maximum absolute atomic E-state index is 12.9. The number of halogens is 1. The summed E-state index contributed by atoms with van der Waals surface area (Å²) in [5, 5.41) is 4.88. The molecule has 31 heavy (non-hydrogen) atoms. The molecule has 2 heterocycles. The van der Waals surface area contributed by atoms with Crippen molar-refractivity contribution in [3.63, 3.8) is 0 Å². The smallest absolute Gasteiger partial charge is 0.243 e. The first-order chi connectivity index (χ1) is 14.8. The molecule has 4 rings (SSSR count). The van der Waals surface area contributed by atoms with Gasteiger partial charge in [-0.15, -0.1) is 0 Å². The number of nitrogens with zero attached hydrogens (tertiary/aromatic N) is 2. The number of amides is 1. The number of thioether (sulfide) groups is 1. The van der Waals surface area contributed by atoms with Crippen LogP contribution in [0.3, 0.4) is 0 Å². The Labute approximate surface area is 191 Å². The Morgan fingerprint density at radius 3 is 2.68 bits per heavy atom. The second-order valence-electron chi connectivity index (χ2n) is 7.41. The summed E-state index contributed by atoms with van der Waals surface area (Å²) in [4.78, 5) is 17.2. The number of fused-ring (bicyclic) bond motifs is 1. The molecule has 2 aromatic carbocycles. The minimum Gasteiger partial charge on any atom is -0.325 e. The quantitative estimate of drug-likeness (QED) is 0.522. The summed E-state index contributed by atoms with van der Waals surface area (Å²) in [5.74, 6) is 0.0465. The number of anilines is 1. The van der Waals surface area contributed by atoms with Gasteiger partial charge in [0.25, 0.3) is 0 Å². The first-order valence-electron chi connectivity index (χ1n) is 9.93. The van der Waals surface area contributed by atoms with Crippen LogP contribution in [-0.4, -0.2) is 42.5 Å². The Bertz CT molecular complexity index is 1240. The van der Waals surface area contributed by atoms with Crippen molar-refractivity contribution in [2.75, 3.05) is 24.2 Å². The van der Waals surface area contributed by atoms with Crippen molar-refractivity contribution >= 4 is 55.9 Å². The molecule has 1 saturated heterocycles. The zero-order valence-electron chi connectivity index (χ0n) is 17.0. The number of aromatic nitrogens is 1. The van der Waals surface area contributed by atoms with Gasteiger partial charge in [0.15, 0.2) is 0 Å². The van der Waals surface area contributed by atoms with Crippen LogP contribution in [0.1, 0.15) is 18.4 Å². The molecule has 162 valence electrons. The second-order valence-corrected chi connectivity index (χ2v) is 10.8. The Morgan fingerprint density at radius 1 is 1.16 bits per heavy atom. The maximum Gasteiger partial charge on any atom is 0.243 e. The van der Waals surface area contributed by atoms with Crippen molar-refractivity contribution in [1.82, 2.24) is 9.29 Å². The SMILES string of the molecule is Cc1cc(SCC(=O)Nc2cccc(Cl)c2)nc2ccc(S(=O)(=O)N3CCCC3)cc12. The maximum atomic E-state index is 12.9. The lowest BCUT2D eigenvalue weighted by Crippen LogP contribution is -2.27. The molecule has 3 aromatic rings. The van der Waals surface area contributed by atoms with Gasteiger partial charge in [-0.1, -0.05) is 29.4 Å². The third kappa shape index (κ3) is 5.03. The van der Waals surface area contributed by atoms with Crippen LogP contribution in [0.2, 0.25) is 5.02 Å². The minimum atomic E-state index is -3.47. The van der Waals surface area contributed by atoms with Gasteiger partial charge < -0.3 is 5.32 Å². The molecule has 0 radical (unpaired) electrons. The molecule has 1 N–H and O–H groups in total. The van der Waals surface area contributed by atoms with Crippen LogP contribution in [0.25, 0.3) is 10.9 Å². The van der Waals surface area contributed by atoms with E-state index in [9.17, 15) is 13.2 Å². The summed E-state index contributed by atoms with van der Waals surface area (Å²) < 4.78 is 27.2. The van der Waals surface area contributed by atoms with Gasteiger partial charge in [0, 0.05) is 29.2 Å². The van der Waals surface area contributed by atoms with E-state index in [2.05, 4.69) is 10.3 Å². The molecular formula is C22H22ClN3O3S2. The van der Waals surface area contributed by atoms with E-state index in [1.54, 1.807) is 46.8 Å². The molecule has 0 aliphatic carbocycles. The number of aryl methyl sites for hydroxylation is 1. The van der Waals surface area contributed by atoms with E-state index >= 15 is 0 Å². The largest absolute Gasteiger partial charge is 0.325 e. The fraction of sp³-hybridized carbons (Fsp3) is 0.273. The highest BCUT2D eigenvalue weighted by atomic mass is 35.5. The monoisotopic (exact) mass is 475 g/mol. The fourth-order valence-electron chi connectivity index (χ4n) is 3.56. The van der Waals surface area contributed by atoms with Crippen LogP contribution in [0.15, 0.2) is 58.5 Å². The van der Waals surface area contributed by atoms with Gasteiger partial charge in [-0.25, -0.2) is 13.4 Å². The second kappa shape index (κ2) is 9.16. The molecule has 1 fully saturated rings. The summed E-state index contributed by atoms with van der Waals surface area (Å²) in [6.45, 7) is 3.07. The lowest BCUT2D eigenvalue weighted by Gasteiger charge is -2.16. The lowest BCUT2D eigenvalue weighted by atomic mass is 10.1. The summed E-state index contributed by atoms with van der Waals surface area (Å²) in [6.07, 6.45) is 1.80. The summed E-state index contributed by atoms with van der Waals surface area (Å²) in [6, 6.07) is 13.9. The van der Waals surface area contributed by atoms with Gasteiger partial charge in [0.1, 0.15) is 0 Å². The van der Waals surface area contributed by atoms with Crippen molar-refractivity contribution in [2.45, 2.75) is 29.7 Å². The molecule has 9 heteroatoms. The third-order valence-corrected chi connectivity index (χ3v) is 8.17. The van der Waals surface area contributed by atoms with E-state index in [-0.39, 0.29) is 11.7 Å². The Kier molecular flexibility index (Phi) is 6.52. The number of pyridine rings is 1. The Balaban J connectivity index is 1.49.